The topological polar surface area (TPSA) is 55.6 Å². The highest BCUT2D eigenvalue weighted by atomic mass is 16.5. The normalized spacial score (nSPS) is 22.8. The van der Waals surface area contributed by atoms with Crippen LogP contribution in [0.2, 0.25) is 0 Å². The lowest BCUT2D eigenvalue weighted by molar-refractivity contribution is -0.141. The lowest BCUT2D eigenvalue weighted by atomic mass is 10.3. The predicted octanol–water partition coefficient (Wildman–Crippen LogP) is 0.527. The average Bonchev–Trinajstić information content (AvgIpc) is 2.64. The lowest BCUT2D eigenvalue weighted by Crippen LogP contribution is -2.39. The van der Waals surface area contributed by atoms with E-state index in [1.165, 1.54) is 0 Å². The molecular weight excluding hydrogens is 192 g/mol. The second-order valence-corrected chi connectivity index (χ2v) is 3.92. The highest BCUT2D eigenvalue weighted by Gasteiger charge is 2.27. The summed E-state index contributed by atoms with van der Waals surface area (Å²) in [7, 11) is 0. The Balaban J connectivity index is 2.29. The Morgan fingerprint density at radius 1 is 1.80 bits per heavy atom. The van der Waals surface area contributed by atoms with Gasteiger partial charge < -0.3 is 15.4 Å². The van der Waals surface area contributed by atoms with Gasteiger partial charge in [-0.3, -0.25) is 4.79 Å². The molecule has 0 spiro atoms. The molecule has 1 saturated heterocycles. The van der Waals surface area contributed by atoms with E-state index in [4.69, 9.17) is 10.5 Å². The van der Waals surface area contributed by atoms with Crippen LogP contribution in [0.4, 0.5) is 0 Å². The van der Waals surface area contributed by atoms with Gasteiger partial charge in [0.2, 0.25) is 0 Å². The standard InChI is InChI=1S/C11H20N2O2/c1-3-4-7-15-9(2)11(14)13-6-5-10(12)8-13/h3,9-10H,1,4-8,12H2,2H3/t9?,10-/m1/s1. The van der Waals surface area contributed by atoms with Crippen LogP contribution in [0, 0.1) is 0 Å². The molecule has 0 aromatic heterocycles. The van der Waals surface area contributed by atoms with Gasteiger partial charge in [0.1, 0.15) is 6.10 Å². The van der Waals surface area contributed by atoms with Crippen molar-refractivity contribution in [3.05, 3.63) is 12.7 Å². The Morgan fingerprint density at radius 2 is 2.53 bits per heavy atom. The smallest absolute Gasteiger partial charge is 0.251 e. The summed E-state index contributed by atoms with van der Waals surface area (Å²) in [6.45, 7) is 7.36. The summed E-state index contributed by atoms with van der Waals surface area (Å²) < 4.78 is 5.39. The molecule has 4 heteroatoms. The molecule has 86 valence electrons. The van der Waals surface area contributed by atoms with Crippen molar-refractivity contribution in [1.82, 2.24) is 4.90 Å². The van der Waals surface area contributed by atoms with Crippen molar-refractivity contribution in [2.45, 2.75) is 31.9 Å². The number of likely N-dealkylation sites (tertiary alicyclic amines) is 1. The molecule has 1 rings (SSSR count). The van der Waals surface area contributed by atoms with Crippen LogP contribution in [-0.2, 0) is 9.53 Å². The molecule has 1 unspecified atom stereocenters. The fourth-order valence-electron chi connectivity index (χ4n) is 1.64. The van der Waals surface area contributed by atoms with Crippen molar-refractivity contribution in [3.8, 4) is 0 Å². The number of nitrogens with zero attached hydrogens (tertiary/aromatic N) is 1. The molecular formula is C11H20N2O2. The van der Waals surface area contributed by atoms with Crippen LogP contribution >= 0.6 is 0 Å². The summed E-state index contributed by atoms with van der Waals surface area (Å²) >= 11 is 0. The summed E-state index contributed by atoms with van der Waals surface area (Å²) in [4.78, 5) is 13.6. The molecule has 15 heavy (non-hydrogen) atoms. The Labute approximate surface area is 91.1 Å². The number of amides is 1. The largest absolute Gasteiger partial charge is 0.368 e. The third-order valence-corrected chi connectivity index (χ3v) is 2.57. The minimum Gasteiger partial charge on any atom is -0.368 e. The molecule has 2 atom stereocenters. The maximum absolute atomic E-state index is 11.8. The molecule has 0 aromatic carbocycles. The average molecular weight is 212 g/mol. The first-order valence-corrected chi connectivity index (χ1v) is 5.42. The van der Waals surface area contributed by atoms with Gasteiger partial charge in [-0.15, -0.1) is 6.58 Å². The molecule has 4 nitrogen and oxygen atoms in total. The number of hydrogen-bond acceptors (Lipinski definition) is 3. The SMILES string of the molecule is C=CCCOC(C)C(=O)N1CC[C@@H](N)C1. The maximum Gasteiger partial charge on any atom is 0.251 e. The molecule has 0 aliphatic carbocycles. The number of ether oxygens (including phenoxy) is 1. The molecule has 0 radical (unpaired) electrons. The highest BCUT2D eigenvalue weighted by molar-refractivity contribution is 5.80. The first kappa shape index (κ1) is 12.2. The summed E-state index contributed by atoms with van der Waals surface area (Å²) in [5.41, 5.74) is 5.74. The summed E-state index contributed by atoms with van der Waals surface area (Å²) in [5.74, 6) is 0.0482. The van der Waals surface area contributed by atoms with Crippen LogP contribution in [0.5, 0.6) is 0 Å². The van der Waals surface area contributed by atoms with Crippen LogP contribution in [0.25, 0.3) is 0 Å². The van der Waals surface area contributed by atoms with Crippen molar-refractivity contribution in [2.24, 2.45) is 5.73 Å². The van der Waals surface area contributed by atoms with Crippen LogP contribution in [0.1, 0.15) is 19.8 Å². The van der Waals surface area contributed by atoms with E-state index in [0.717, 1.165) is 19.4 Å². The monoisotopic (exact) mass is 212 g/mol. The van der Waals surface area contributed by atoms with Crippen molar-refractivity contribution in [2.75, 3.05) is 19.7 Å². The zero-order valence-electron chi connectivity index (χ0n) is 9.32. The molecule has 1 aliphatic heterocycles. The summed E-state index contributed by atoms with van der Waals surface area (Å²) in [6.07, 6.45) is 3.08. The molecule has 2 N–H and O–H groups in total. The molecule has 1 fully saturated rings. The van der Waals surface area contributed by atoms with Gasteiger partial charge in [0.15, 0.2) is 0 Å². The third-order valence-electron chi connectivity index (χ3n) is 2.57. The molecule has 1 amide bonds. The van der Waals surface area contributed by atoms with Gasteiger partial charge >= 0.3 is 0 Å². The molecule has 0 aromatic rings. The summed E-state index contributed by atoms with van der Waals surface area (Å²) in [5, 5.41) is 0. The van der Waals surface area contributed by atoms with E-state index in [0.29, 0.717) is 13.2 Å². The van der Waals surface area contributed by atoms with Gasteiger partial charge in [-0.2, -0.15) is 0 Å². The Hall–Kier alpha value is -0.870. The molecule has 0 bridgehead atoms. The van der Waals surface area contributed by atoms with E-state index in [1.807, 2.05) is 0 Å². The third kappa shape index (κ3) is 3.64. The van der Waals surface area contributed by atoms with Gasteiger partial charge in [-0.1, -0.05) is 6.08 Å². The fraction of sp³-hybridized carbons (Fsp3) is 0.727. The number of carbonyl (C=O) groups is 1. The second kappa shape index (κ2) is 5.88. The first-order valence-electron chi connectivity index (χ1n) is 5.42. The molecule has 1 aliphatic rings. The van der Waals surface area contributed by atoms with Crippen LogP contribution < -0.4 is 5.73 Å². The Kier molecular flexibility index (Phi) is 4.78. The molecule has 0 saturated carbocycles. The van der Waals surface area contributed by atoms with E-state index in [-0.39, 0.29) is 18.1 Å². The van der Waals surface area contributed by atoms with Gasteiger partial charge in [0, 0.05) is 19.1 Å². The van der Waals surface area contributed by atoms with Gasteiger partial charge in [-0.25, -0.2) is 0 Å². The van der Waals surface area contributed by atoms with Crippen LogP contribution in [0.3, 0.4) is 0 Å². The highest BCUT2D eigenvalue weighted by Crippen LogP contribution is 2.10. The number of carbonyl (C=O) groups excluding carboxylic acids is 1. The minimum atomic E-state index is -0.366. The number of rotatable bonds is 5. The second-order valence-electron chi connectivity index (χ2n) is 3.92. The number of nitrogens with two attached hydrogens (primary N) is 1. The van der Waals surface area contributed by atoms with E-state index < -0.39 is 0 Å². The fourth-order valence-corrected chi connectivity index (χ4v) is 1.64. The first-order chi connectivity index (χ1) is 7.15. The zero-order valence-corrected chi connectivity index (χ0v) is 9.32. The van der Waals surface area contributed by atoms with Crippen molar-refractivity contribution < 1.29 is 9.53 Å². The van der Waals surface area contributed by atoms with Gasteiger partial charge in [0.05, 0.1) is 6.61 Å². The summed E-state index contributed by atoms with van der Waals surface area (Å²) in [6, 6.07) is 0.134. The van der Waals surface area contributed by atoms with Crippen molar-refractivity contribution in [3.63, 3.8) is 0 Å². The van der Waals surface area contributed by atoms with E-state index in [2.05, 4.69) is 6.58 Å². The van der Waals surface area contributed by atoms with Crippen molar-refractivity contribution >= 4 is 5.91 Å². The Bertz CT molecular complexity index is 231. The van der Waals surface area contributed by atoms with Gasteiger partial charge in [-0.05, 0) is 19.8 Å². The van der Waals surface area contributed by atoms with Crippen molar-refractivity contribution in [1.29, 1.82) is 0 Å². The predicted molar refractivity (Wildman–Crippen MR) is 59.4 cm³/mol. The maximum atomic E-state index is 11.8. The van der Waals surface area contributed by atoms with E-state index in [1.54, 1.807) is 17.9 Å². The zero-order chi connectivity index (χ0) is 11.3. The lowest BCUT2D eigenvalue weighted by Gasteiger charge is -2.20. The van der Waals surface area contributed by atoms with E-state index >= 15 is 0 Å². The van der Waals surface area contributed by atoms with Crippen LogP contribution in [0.15, 0.2) is 12.7 Å². The minimum absolute atomic E-state index is 0.0482. The number of hydrogen-bond donors (Lipinski definition) is 1. The van der Waals surface area contributed by atoms with Gasteiger partial charge in [0.25, 0.3) is 5.91 Å². The quantitative estimate of drug-likeness (QED) is 0.534. The molecule has 1 heterocycles. The van der Waals surface area contributed by atoms with E-state index in [9.17, 15) is 4.79 Å². The van der Waals surface area contributed by atoms with Crippen LogP contribution in [-0.4, -0.2) is 42.6 Å². The Morgan fingerprint density at radius 3 is 3.07 bits per heavy atom.